The maximum absolute atomic E-state index is 4.39. The molecule has 1 aromatic rings. The van der Waals surface area contributed by atoms with Crippen LogP contribution in [0.4, 0.5) is 0 Å². The highest BCUT2D eigenvalue weighted by molar-refractivity contribution is 5.01. The molecule has 0 radical (unpaired) electrons. The second-order valence-electron chi connectivity index (χ2n) is 5.50. The summed E-state index contributed by atoms with van der Waals surface area (Å²) < 4.78 is 1.88. The lowest BCUT2D eigenvalue weighted by Crippen LogP contribution is -2.60. The number of hydrogen-bond acceptors (Lipinski definition) is 4. The van der Waals surface area contributed by atoms with Crippen LogP contribution in [0.2, 0.25) is 0 Å². The van der Waals surface area contributed by atoms with Crippen LogP contribution < -0.4 is 5.32 Å². The van der Waals surface area contributed by atoms with Crippen molar-refractivity contribution in [3.8, 4) is 0 Å². The third-order valence-corrected chi connectivity index (χ3v) is 4.59. The van der Waals surface area contributed by atoms with Crippen molar-refractivity contribution < 1.29 is 0 Å². The Morgan fingerprint density at radius 1 is 1.30 bits per heavy atom. The summed E-state index contributed by atoms with van der Waals surface area (Å²) in [5.74, 6) is 1.04. The quantitative estimate of drug-likeness (QED) is 0.750. The molecule has 0 saturated carbocycles. The lowest BCUT2D eigenvalue weighted by Gasteiger charge is -2.46. The molecule has 1 N–H and O–H groups in total. The molecule has 0 amide bonds. The fraction of sp³-hybridized carbons (Fsp3) is 0.867. The predicted molar refractivity (Wildman–Crippen MR) is 83.8 cm³/mol. The summed E-state index contributed by atoms with van der Waals surface area (Å²) in [7, 11) is 1.96. The van der Waals surface area contributed by atoms with Gasteiger partial charge in [0, 0.05) is 25.0 Å². The van der Waals surface area contributed by atoms with E-state index in [2.05, 4.69) is 54.9 Å². The number of rotatable bonds is 9. The first-order valence-electron chi connectivity index (χ1n) is 7.84. The van der Waals surface area contributed by atoms with Gasteiger partial charge in [-0.1, -0.05) is 27.7 Å². The average molecular weight is 281 g/mol. The monoisotopic (exact) mass is 281 g/mol. The van der Waals surface area contributed by atoms with Gasteiger partial charge in [0.25, 0.3) is 0 Å². The fourth-order valence-corrected chi connectivity index (χ4v) is 3.08. The Morgan fingerprint density at radius 3 is 2.35 bits per heavy atom. The maximum atomic E-state index is 4.39. The SMILES string of the molecule is CCNC(Cc1ncnn1C)C(C)(CC)N(CC)CC. The molecule has 0 aliphatic carbocycles. The number of nitrogens with zero attached hydrogens (tertiary/aromatic N) is 4. The van der Waals surface area contributed by atoms with E-state index in [1.54, 1.807) is 6.33 Å². The number of aromatic nitrogens is 3. The van der Waals surface area contributed by atoms with E-state index in [1.165, 1.54) is 0 Å². The Morgan fingerprint density at radius 2 is 1.95 bits per heavy atom. The Bertz CT molecular complexity index is 385. The molecule has 0 aromatic carbocycles. The minimum atomic E-state index is 0.130. The highest BCUT2D eigenvalue weighted by Crippen LogP contribution is 2.25. The number of hydrogen-bond donors (Lipinski definition) is 1. The first-order valence-corrected chi connectivity index (χ1v) is 7.84. The molecular weight excluding hydrogens is 250 g/mol. The van der Waals surface area contributed by atoms with Crippen LogP contribution in [0, 0.1) is 0 Å². The Kier molecular flexibility index (Phi) is 6.62. The normalized spacial score (nSPS) is 16.4. The topological polar surface area (TPSA) is 46.0 Å². The van der Waals surface area contributed by atoms with Crippen LogP contribution in [0.5, 0.6) is 0 Å². The molecule has 0 saturated heterocycles. The Hall–Kier alpha value is -0.940. The van der Waals surface area contributed by atoms with Gasteiger partial charge in [0.15, 0.2) is 0 Å². The molecule has 2 unspecified atom stereocenters. The van der Waals surface area contributed by atoms with E-state index < -0.39 is 0 Å². The lowest BCUT2D eigenvalue weighted by molar-refractivity contribution is 0.0696. The van der Waals surface area contributed by atoms with Gasteiger partial charge in [-0.05, 0) is 33.0 Å². The lowest BCUT2D eigenvalue weighted by atomic mass is 9.84. The minimum absolute atomic E-state index is 0.130. The van der Waals surface area contributed by atoms with E-state index >= 15 is 0 Å². The van der Waals surface area contributed by atoms with E-state index in [1.807, 2.05) is 11.7 Å². The molecule has 5 nitrogen and oxygen atoms in total. The molecule has 0 fully saturated rings. The second-order valence-corrected chi connectivity index (χ2v) is 5.50. The second kappa shape index (κ2) is 7.74. The zero-order valence-electron chi connectivity index (χ0n) is 14.0. The van der Waals surface area contributed by atoms with E-state index in [0.717, 1.165) is 38.3 Å². The van der Waals surface area contributed by atoms with E-state index in [-0.39, 0.29) is 5.54 Å². The first-order chi connectivity index (χ1) is 9.53. The number of aryl methyl sites for hydroxylation is 1. The zero-order valence-corrected chi connectivity index (χ0v) is 14.0. The Balaban J connectivity index is 2.99. The number of nitrogens with one attached hydrogen (secondary N) is 1. The molecule has 0 spiro atoms. The van der Waals surface area contributed by atoms with Crippen LogP contribution in [-0.2, 0) is 13.5 Å². The first kappa shape index (κ1) is 17.1. The van der Waals surface area contributed by atoms with E-state index in [0.29, 0.717) is 6.04 Å². The van der Waals surface area contributed by atoms with Gasteiger partial charge in [0.05, 0.1) is 0 Å². The van der Waals surface area contributed by atoms with Crippen molar-refractivity contribution >= 4 is 0 Å². The largest absolute Gasteiger partial charge is 0.312 e. The van der Waals surface area contributed by atoms with Crippen LogP contribution in [0.15, 0.2) is 6.33 Å². The van der Waals surface area contributed by atoms with Crippen molar-refractivity contribution in [2.24, 2.45) is 7.05 Å². The molecule has 116 valence electrons. The molecule has 1 aromatic heterocycles. The van der Waals surface area contributed by atoms with Crippen molar-refractivity contribution in [1.29, 1.82) is 0 Å². The van der Waals surface area contributed by atoms with Gasteiger partial charge in [-0.3, -0.25) is 9.58 Å². The van der Waals surface area contributed by atoms with Gasteiger partial charge in [-0.15, -0.1) is 0 Å². The molecule has 0 bridgehead atoms. The van der Waals surface area contributed by atoms with Gasteiger partial charge < -0.3 is 5.32 Å². The third kappa shape index (κ3) is 3.58. The highest BCUT2D eigenvalue weighted by Gasteiger charge is 2.37. The number of likely N-dealkylation sites (N-methyl/N-ethyl adjacent to an activating group) is 2. The highest BCUT2D eigenvalue weighted by atomic mass is 15.3. The average Bonchev–Trinajstić information content (AvgIpc) is 2.84. The van der Waals surface area contributed by atoms with Gasteiger partial charge >= 0.3 is 0 Å². The summed E-state index contributed by atoms with van der Waals surface area (Å²) in [5, 5.41) is 7.85. The van der Waals surface area contributed by atoms with Crippen molar-refractivity contribution in [1.82, 2.24) is 25.0 Å². The van der Waals surface area contributed by atoms with Crippen molar-refractivity contribution in [3.63, 3.8) is 0 Å². The van der Waals surface area contributed by atoms with Gasteiger partial charge in [-0.2, -0.15) is 5.10 Å². The molecule has 0 aliphatic rings. The van der Waals surface area contributed by atoms with Crippen LogP contribution >= 0.6 is 0 Å². The minimum Gasteiger partial charge on any atom is -0.312 e. The summed E-state index contributed by atoms with van der Waals surface area (Å²) in [6, 6.07) is 0.375. The molecular formula is C15H31N5. The van der Waals surface area contributed by atoms with Crippen molar-refractivity contribution in [3.05, 3.63) is 12.2 Å². The van der Waals surface area contributed by atoms with Gasteiger partial charge in [0.1, 0.15) is 12.2 Å². The van der Waals surface area contributed by atoms with E-state index in [9.17, 15) is 0 Å². The molecule has 2 atom stereocenters. The summed E-state index contributed by atoms with van der Waals surface area (Å²) in [6.07, 6.45) is 3.66. The van der Waals surface area contributed by atoms with Crippen molar-refractivity contribution in [2.45, 2.75) is 59.0 Å². The van der Waals surface area contributed by atoms with Crippen LogP contribution in [-0.4, -0.2) is 50.9 Å². The summed E-state index contributed by atoms with van der Waals surface area (Å²) in [6.45, 7) is 14.4. The van der Waals surface area contributed by atoms with Crippen molar-refractivity contribution in [2.75, 3.05) is 19.6 Å². The fourth-order valence-electron chi connectivity index (χ4n) is 3.08. The van der Waals surface area contributed by atoms with Crippen LogP contribution in [0.3, 0.4) is 0 Å². The Labute approximate surface area is 123 Å². The third-order valence-electron chi connectivity index (χ3n) is 4.59. The standard InChI is InChI=1S/C15H31N5/c1-7-15(5,20(9-3)10-4)13(16-8-2)11-14-17-12-18-19(14)6/h12-13,16H,7-11H2,1-6H3. The van der Waals surface area contributed by atoms with Crippen LogP contribution in [0.25, 0.3) is 0 Å². The molecule has 1 rings (SSSR count). The van der Waals surface area contributed by atoms with Gasteiger partial charge in [-0.25, -0.2) is 4.98 Å². The van der Waals surface area contributed by atoms with Gasteiger partial charge in [0.2, 0.25) is 0 Å². The van der Waals surface area contributed by atoms with E-state index in [4.69, 9.17) is 0 Å². The van der Waals surface area contributed by atoms with Crippen LogP contribution in [0.1, 0.15) is 46.9 Å². The predicted octanol–water partition coefficient (Wildman–Crippen LogP) is 1.85. The molecule has 20 heavy (non-hydrogen) atoms. The molecule has 1 heterocycles. The summed E-state index contributed by atoms with van der Waals surface area (Å²) in [5.41, 5.74) is 0.130. The smallest absolute Gasteiger partial charge is 0.138 e. The zero-order chi connectivity index (χ0) is 15.2. The molecule has 0 aliphatic heterocycles. The summed E-state index contributed by atoms with van der Waals surface area (Å²) in [4.78, 5) is 6.94. The molecule has 5 heteroatoms. The maximum Gasteiger partial charge on any atom is 0.138 e. The summed E-state index contributed by atoms with van der Waals surface area (Å²) >= 11 is 0.